The normalized spacial score (nSPS) is 12.3. The van der Waals surface area contributed by atoms with Gasteiger partial charge in [-0.15, -0.1) is 0 Å². The Balaban J connectivity index is 0.000000207. The molecule has 45 heavy (non-hydrogen) atoms. The average molecular weight is 757 g/mol. The standard InChI is InChI=1S/C20H26I.C16H12O6S2/c1-19(2,3)15-7-11-17(12-8-15)21-18-13-9-16(10-14-18)20(4,5)6;17-23(18,19)16-9-7-12-10-14(8-6-13(12)11-16)22-24(20,21)15-4-2-1-3-5-15/h7-14H,1-6H3;1-11H,(H,17,18,19)/q+1;/p-1. The van der Waals surface area contributed by atoms with Gasteiger partial charge >= 0.3 is 31.3 Å². The number of halogens is 1. The van der Waals surface area contributed by atoms with Crippen molar-refractivity contribution < 1.29 is 46.8 Å². The summed E-state index contributed by atoms with van der Waals surface area (Å²) in [6, 6.07) is 34.3. The third-order valence-corrected chi connectivity index (χ3v) is 11.7. The maximum Gasteiger partial charge on any atom is 0.357 e. The van der Waals surface area contributed by atoms with E-state index < -0.39 is 20.2 Å². The van der Waals surface area contributed by atoms with Gasteiger partial charge in [-0.2, -0.15) is 8.42 Å². The summed E-state index contributed by atoms with van der Waals surface area (Å²) in [6.07, 6.45) is 0. The number of hydrogen-bond acceptors (Lipinski definition) is 6. The Kier molecular flexibility index (Phi) is 10.5. The Morgan fingerprint density at radius 2 is 1.02 bits per heavy atom. The summed E-state index contributed by atoms with van der Waals surface area (Å²) < 4.78 is 65.5. The summed E-state index contributed by atoms with van der Waals surface area (Å²) in [5.41, 5.74) is 3.31. The first-order valence-corrected chi connectivity index (χ1v) is 19.2. The first-order valence-electron chi connectivity index (χ1n) is 14.3. The molecule has 0 N–H and O–H groups in total. The van der Waals surface area contributed by atoms with Crippen LogP contribution >= 0.6 is 0 Å². The van der Waals surface area contributed by atoms with E-state index in [1.54, 1.807) is 18.2 Å². The van der Waals surface area contributed by atoms with Crippen LogP contribution < -0.4 is 25.4 Å². The van der Waals surface area contributed by atoms with Gasteiger partial charge in [-0.05, 0) is 93.4 Å². The molecule has 5 aromatic carbocycles. The summed E-state index contributed by atoms with van der Waals surface area (Å²) in [4.78, 5) is -0.321. The van der Waals surface area contributed by atoms with E-state index in [0.29, 0.717) is 10.8 Å². The summed E-state index contributed by atoms with van der Waals surface area (Å²) in [7, 11) is -8.51. The number of hydrogen-bond donors (Lipinski definition) is 0. The van der Waals surface area contributed by atoms with Gasteiger partial charge in [0.1, 0.15) is 20.8 Å². The van der Waals surface area contributed by atoms with Crippen molar-refractivity contribution in [3.8, 4) is 5.75 Å². The monoisotopic (exact) mass is 756 g/mol. The molecule has 6 nitrogen and oxygen atoms in total. The zero-order valence-electron chi connectivity index (χ0n) is 26.1. The van der Waals surface area contributed by atoms with Crippen LogP contribution in [0.3, 0.4) is 0 Å². The zero-order chi connectivity index (χ0) is 33.0. The van der Waals surface area contributed by atoms with Gasteiger partial charge in [0.2, 0.25) is 0 Å². The maximum absolute atomic E-state index is 12.2. The molecule has 9 heteroatoms. The van der Waals surface area contributed by atoms with Gasteiger partial charge in [0.15, 0.2) is 7.14 Å². The average Bonchev–Trinajstić information content (AvgIpc) is 2.97. The van der Waals surface area contributed by atoms with Crippen molar-refractivity contribution in [1.29, 1.82) is 0 Å². The van der Waals surface area contributed by atoms with Gasteiger partial charge < -0.3 is 8.74 Å². The predicted octanol–water partition coefficient (Wildman–Crippen LogP) is 4.92. The topological polar surface area (TPSA) is 101 Å². The van der Waals surface area contributed by atoms with Crippen molar-refractivity contribution in [1.82, 2.24) is 0 Å². The largest absolute Gasteiger partial charge is 0.744 e. The SMILES string of the molecule is CC(C)(C)c1ccc([I+]c2ccc(C(C)(C)C)cc2)cc1.O=S(=O)([O-])c1ccc2cc(OS(=O)(=O)c3ccccc3)ccc2c1. The molecule has 0 amide bonds. The van der Waals surface area contributed by atoms with Crippen molar-refractivity contribution in [3.05, 3.63) is 134 Å². The maximum atomic E-state index is 12.2. The van der Waals surface area contributed by atoms with E-state index in [9.17, 15) is 21.4 Å². The minimum absolute atomic E-state index is 0.0258. The molecule has 0 aliphatic heterocycles. The van der Waals surface area contributed by atoms with Crippen molar-refractivity contribution >= 4 is 31.0 Å². The van der Waals surface area contributed by atoms with Crippen LogP contribution in [0.15, 0.2) is 125 Å². The Morgan fingerprint density at radius 3 is 1.49 bits per heavy atom. The first kappa shape index (κ1) is 34.6. The van der Waals surface area contributed by atoms with E-state index in [1.807, 2.05) is 0 Å². The van der Waals surface area contributed by atoms with Crippen molar-refractivity contribution in [3.63, 3.8) is 0 Å². The lowest BCUT2D eigenvalue weighted by Gasteiger charge is -2.18. The predicted molar refractivity (Wildman–Crippen MR) is 174 cm³/mol. The molecule has 0 bridgehead atoms. The smallest absolute Gasteiger partial charge is 0.357 e. The quantitative estimate of drug-likeness (QED) is 0.139. The summed E-state index contributed by atoms with van der Waals surface area (Å²) in [6.45, 7) is 13.6. The van der Waals surface area contributed by atoms with Crippen molar-refractivity contribution in [2.24, 2.45) is 0 Å². The van der Waals surface area contributed by atoms with Gasteiger partial charge in [-0.25, -0.2) is 8.42 Å². The Hall–Kier alpha value is -3.25. The summed E-state index contributed by atoms with van der Waals surface area (Å²) in [5.74, 6) is 0.0871. The van der Waals surface area contributed by atoms with E-state index in [1.165, 1.54) is 66.8 Å². The fourth-order valence-corrected chi connectivity index (χ4v) is 7.93. The molecule has 0 saturated heterocycles. The molecule has 5 rings (SSSR count). The Morgan fingerprint density at radius 1 is 0.556 bits per heavy atom. The van der Waals surface area contributed by atoms with Gasteiger partial charge in [-0.3, -0.25) is 0 Å². The molecule has 0 spiro atoms. The third-order valence-electron chi connectivity index (χ3n) is 6.95. The van der Waals surface area contributed by atoms with Crippen LogP contribution in [-0.4, -0.2) is 21.4 Å². The molecule has 0 unspecified atom stereocenters. The lowest BCUT2D eigenvalue weighted by atomic mass is 9.87. The fourth-order valence-electron chi connectivity index (χ4n) is 4.32. The number of rotatable bonds is 6. The van der Waals surface area contributed by atoms with Gasteiger partial charge in [-0.1, -0.05) is 96.1 Å². The second kappa shape index (κ2) is 13.6. The molecule has 0 saturated carbocycles. The Bertz CT molecular complexity index is 1920. The van der Waals surface area contributed by atoms with Gasteiger partial charge in [0.05, 0.1) is 4.90 Å². The van der Waals surface area contributed by atoms with E-state index in [2.05, 4.69) is 90.1 Å². The molecule has 0 atom stereocenters. The van der Waals surface area contributed by atoms with Crippen LogP contribution in [-0.2, 0) is 31.1 Å². The highest BCUT2D eigenvalue weighted by Gasteiger charge is 2.20. The molecular formula is C36H37IO6S2. The van der Waals surface area contributed by atoms with Crippen molar-refractivity contribution in [2.75, 3.05) is 0 Å². The van der Waals surface area contributed by atoms with Crippen LogP contribution in [0.4, 0.5) is 0 Å². The number of benzene rings is 5. The minimum Gasteiger partial charge on any atom is -0.744 e. The van der Waals surface area contributed by atoms with E-state index in [0.717, 1.165) is 0 Å². The molecule has 0 aliphatic rings. The second-order valence-electron chi connectivity index (χ2n) is 12.6. The summed E-state index contributed by atoms with van der Waals surface area (Å²) in [5, 5.41) is 1.03. The zero-order valence-corrected chi connectivity index (χ0v) is 29.9. The van der Waals surface area contributed by atoms with Crippen LogP contribution in [0, 0.1) is 7.14 Å². The Labute approximate surface area is 277 Å². The van der Waals surface area contributed by atoms with Gasteiger partial charge in [0, 0.05) is 0 Å². The lowest BCUT2D eigenvalue weighted by Crippen LogP contribution is -3.61. The number of fused-ring (bicyclic) bond motifs is 1. The summed E-state index contributed by atoms with van der Waals surface area (Å²) >= 11 is -0.0703. The lowest BCUT2D eigenvalue weighted by molar-refractivity contribution is -0.597. The van der Waals surface area contributed by atoms with Crippen LogP contribution in [0.2, 0.25) is 0 Å². The minimum atomic E-state index is -4.55. The van der Waals surface area contributed by atoms with E-state index in [-0.39, 0.29) is 47.6 Å². The molecule has 0 heterocycles. The third kappa shape index (κ3) is 9.62. The second-order valence-corrected chi connectivity index (χ2v) is 18.5. The molecule has 0 aliphatic carbocycles. The molecule has 0 fully saturated rings. The highest BCUT2D eigenvalue weighted by atomic mass is 127. The highest BCUT2D eigenvalue weighted by Crippen LogP contribution is 2.26. The molecule has 236 valence electrons. The molecular weight excluding hydrogens is 719 g/mol. The molecule has 5 aromatic rings. The highest BCUT2D eigenvalue weighted by molar-refractivity contribution is 7.87. The first-order chi connectivity index (χ1) is 20.9. The van der Waals surface area contributed by atoms with E-state index >= 15 is 0 Å². The van der Waals surface area contributed by atoms with Gasteiger partial charge in [0.25, 0.3) is 0 Å². The van der Waals surface area contributed by atoms with Crippen LogP contribution in [0.1, 0.15) is 52.7 Å². The molecule has 0 radical (unpaired) electrons. The fraction of sp³-hybridized carbons (Fsp3) is 0.222. The van der Waals surface area contributed by atoms with Crippen LogP contribution in [0.25, 0.3) is 10.8 Å². The van der Waals surface area contributed by atoms with Crippen molar-refractivity contribution in [2.45, 2.75) is 62.2 Å². The molecule has 0 aromatic heterocycles. The van der Waals surface area contributed by atoms with E-state index in [4.69, 9.17) is 4.18 Å². The van der Waals surface area contributed by atoms with Crippen LogP contribution in [0.5, 0.6) is 5.75 Å².